The molecule has 5 heteroatoms. The first-order chi connectivity index (χ1) is 9.19. The summed E-state index contributed by atoms with van der Waals surface area (Å²) in [6.07, 6.45) is 2.25. The first-order valence-electron chi connectivity index (χ1n) is 6.02. The number of ether oxygens (including phenoxy) is 1. The number of rotatable bonds is 5. The van der Waals surface area contributed by atoms with E-state index in [0.717, 1.165) is 11.5 Å². The molecule has 0 aliphatic rings. The van der Waals surface area contributed by atoms with Gasteiger partial charge in [0.05, 0.1) is 13.3 Å². The predicted molar refractivity (Wildman–Crippen MR) is 70.3 cm³/mol. The standard InChI is InChI=1S/C14H16N2O3/c1-10-9-16-13(19-10)7-8-15-14(17)11-3-5-12(18-2)6-4-11/h3-6,9H,7-8H2,1-2H3,(H,15,17). The number of aryl methyl sites for hydroxylation is 1. The molecule has 0 bridgehead atoms. The molecule has 1 aromatic carbocycles. The van der Waals surface area contributed by atoms with Crippen LogP contribution >= 0.6 is 0 Å². The van der Waals surface area contributed by atoms with Crippen LogP contribution in [-0.4, -0.2) is 24.5 Å². The molecule has 2 aromatic rings. The topological polar surface area (TPSA) is 64.4 Å². The van der Waals surface area contributed by atoms with E-state index in [4.69, 9.17) is 9.15 Å². The zero-order valence-electron chi connectivity index (χ0n) is 11.0. The molecule has 0 spiro atoms. The van der Waals surface area contributed by atoms with Crippen molar-refractivity contribution in [3.8, 4) is 5.75 Å². The summed E-state index contributed by atoms with van der Waals surface area (Å²) in [7, 11) is 1.59. The van der Waals surface area contributed by atoms with Crippen molar-refractivity contribution in [3.63, 3.8) is 0 Å². The molecular weight excluding hydrogens is 244 g/mol. The maximum atomic E-state index is 11.8. The van der Waals surface area contributed by atoms with Crippen LogP contribution in [0.2, 0.25) is 0 Å². The molecular formula is C14H16N2O3. The maximum Gasteiger partial charge on any atom is 0.251 e. The molecule has 0 radical (unpaired) electrons. The number of hydrogen-bond acceptors (Lipinski definition) is 4. The van der Waals surface area contributed by atoms with E-state index in [2.05, 4.69) is 10.3 Å². The van der Waals surface area contributed by atoms with Crippen LogP contribution in [0.15, 0.2) is 34.9 Å². The van der Waals surface area contributed by atoms with Crippen molar-refractivity contribution in [2.45, 2.75) is 13.3 Å². The highest BCUT2D eigenvalue weighted by molar-refractivity contribution is 5.94. The number of nitrogens with zero attached hydrogens (tertiary/aromatic N) is 1. The number of benzene rings is 1. The molecule has 2 rings (SSSR count). The summed E-state index contributed by atoms with van der Waals surface area (Å²) in [4.78, 5) is 15.9. The van der Waals surface area contributed by atoms with Gasteiger partial charge in [-0.1, -0.05) is 0 Å². The van der Waals surface area contributed by atoms with Gasteiger partial charge in [-0.2, -0.15) is 0 Å². The number of carbonyl (C=O) groups is 1. The summed E-state index contributed by atoms with van der Waals surface area (Å²) in [6.45, 7) is 2.33. The molecule has 100 valence electrons. The van der Waals surface area contributed by atoms with E-state index in [9.17, 15) is 4.79 Å². The van der Waals surface area contributed by atoms with Crippen molar-refractivity contribution < 1.29 is 13.9 Å². The molecule has 0 unspecified atom stereocenters. The molecule has 0 atom stereocenters. The first-order valence-corrected chi connectivity index (χ1v) is 6.02. The predicted octanol–water partition coefficient (Wildman–Crippen LogP) is 1.96. The van der Waals surface area contributed by atoms with E-state index in [0.29, 0.717) is 24.4 Å². The second-order valence-electron chi connectivity index (χ2n) is 4.10. The average Bonchev–Trinajstić information content (AvgIpc) is 2.84. The van der Waals surface area contributed by atoms with Crippen molar-refractivity contribution >= 4 is 5.91 Å². The Morgan fingerprint density at radius 1 is 1.37 bits per heavy atom. The van der Waals surface area contributed by atoms with Gasteiger partial charge < -0.3 is 14.5 Å². The van der Waals surface area contributed by atoms with E-state index in [-0.39, 0.29) is 5.91 Å². The molecule has 0 aliphatic carbocycles. The van der Waals surface area contributed by atoms with Crippen molar-refractivity contribution in [3.05, 3.63) is 47.7 Å². The number of nitrogens with one attached hydrogen (secondary N) is 1. The van der Waals surface area contributed by atoms with E-state index >= 15 is 0 Å². The fourth-order valence-electron chi connectivity index (χ4n) is 1.64. The molecule has 0 saturated heterocycles. The Balaban J connectivity index is 1.83. The third-order valence-electron chi connectivity index (χ3n) is 2.65. The zero-order valence-corrected chi connectivity index (χ0v) is 11.0. The monoisotopic (exact) mass is 260 g/mol. The third kappa shape index (κ3) is 3.58. The Kier molecular flexibility index (Phi) is 4.18. The minimum Gasteiger partial charge on any atom is -0.497 e. The van der Waals surface area contributed by atoms with Gasteiger partial charge in [0.25, 0.3) is 5.91 Å². The quantitative estimate of drug-likeness (QED) is 0.892. The number of methoxy groups -OCH3 is 1. The lowest BCUT2D eigenvalue weighted by Crippen LogP contribution is -2.25. The van der Waals surface area contributed by atoms with Gasteiger partial charge in [0.1, 0.15) is 11.5 Å². The second-order valence-corrected chi connectivity index (χ2v) is 4.10. The van der Waals surface area contributed by atoms with Crippen LogP contribution in [0.5, 0.6) is 5.75 Å². The Labute approximate surface area is 111 Å². The molecule has 1 aromatic heterocycles. The van der Waals surface area contributed by atoms with Gasteiger partial charge in [0, 0.05) is 18.5 Å². The lowest BCUT2D eigenvalue weighted by atomic mass is 10.2. The minimum atomic E-state index is -0.120. The Morgan fingerprint density at radius 2 is 2.11 bits per heavy atom. The second kappa shape index (κ2) is 6.04. The van der Waals surface area contributed by atoms with E-state index in [1.807, 2.05) is 6.92 Å². The number of hydrogen-bond donors (Lipinski definition) is 1. The van der Waals surface area contributed by atoms with Crippen molar-refractivity contribution in [2.75, 3.05) is 13.7 Å². The van der Waals surface area contributed by atoms with Gasteiger partial charge in [0.15, 0.2) is 5.89 Å². The largest absolute Gasteiger partial charge is 0.497 e. The van der Waals surface area contributed by atoms with Crippen LogP contribution < -0.4 is 10.1 Å². The number of amides is 1. The van der Waals surface area contributed by atoms with Gasteiger partial charge in [-0.15, -0.1) is 0 Å². The van der Waals surface area contributed by atoms with Crippen LogP contribution in [0.25, 0.3) is 0 Å². The van der Waals surface area contributed by atoms with Gasteiger partial charge in [-0.05, 0) is 31.2 Å². The lowest BCUT2D eigenvalue weighted by molar-refractivity contribution is 0.0953. The highest BCUT2D eigenvalue weighted by Crippen LogP contribution is 2.11. The summed E-state index contributed by atoms with van der Waals surface area (Å²) in [6, 6.07) is 6.96. The number of carbonyl (C=O) groups excluding carboxylic acids is 1. The summed E-state index contributed by atoms with van der Waals surface area (Å²) in [5.74, 6) is 2.02. The SMILES string of the molecule is COc1ccc(C(=O)NCCc2ncc(C)o2)cc1. The molecule has 1 heterocycles. The molecule has 19 heavy (non-hydrogen) atoms. The summed E-state index contributed by atoms with van der Waals surface area (Å²) in [5, 5.41) is 2.81. The van der Waals surface area contributed by atoms with Crippen LogP contribution in [0, 0.1) is 6.92 Å². The van der Waals surface area contributed by atoms with Gasteiger partial charge >= 0.3 is 0 Å². The Bertz CT molecular complexity index is 546. The van der Waals surface area contributed by atoms with Gasteiger partial charge in [-0.3, -0.25) is 4.79 Å². The molecule has 0 fully saturated rings. The molecule has 1 N–H and O–H groups in total. The van der Waals surface area contributed by atoms with E-state index in [1.54, 1.807) is 37.6 Å². The van der Waals surface area contributed by atoms with Crippen LogP contribution in [-0.2, 0) is 6.42 Å². The fraction of sp³-hybridized carbons (Fsp3) is 0.286. The molecule has 0 aliphatic heterocycles. The molecule has 5 nitrogen and oxygen atoms in total. The van der Waals surface area contributed by atoms with E-state index < -0.39 is 0 Å². The molecule has 0 saturated carbocycles. The summed E-state index contributed by atoms with van der Waals surface area (Å²) < 4.78 is 10.4. The fourth-order valence-corrected chi connectivity index (χ4v) is 1.64. The van der Waals surface area contributed by atoms with Crippen molar-refractivity contribution in [1.82, 2.24) is 10.3 Å². The van der Waals surface area contributed by atoms with E-state index in [1.165, 1.54) is 0 Å². The van der Waals surface area contributed by atoms with Crippen LogP contribution in [0.4, 0.5) is 0 Å². The summed E-state index contributed by atoms with van der Waals surface area (Å²) >= 11 is 0. The molecule has 1 amide bonds. The lowest BCUT2D eigenvalue weighted by Gasteiger charge is -2.04. The van der Waals surface area contributed by atoms with Gasteiger partial charge in [-0.25, -0.2) is 4.98 Å². The highest BCUT2D eigenvalue weighted by Gasteiger charge is 2.06. The smallest absolute Gasteiger partial charge is 0.251 e. The Morgan fingerprint density at radius 3 is 2.68 bits per heavy atom. The zero-order chi connectivity index (χ0) is 13.7. The normalized spacial score (nSPS) is 10.2. The Hall–Kier alpha value is -2.30. The minimum absolute atomic E-state index is 0.120. The third-order valence-corrected chi connectivity index (χ3v) is 2.65. The highest BCUT2D eigenvalue weighted by atomic mass is 16.5. The number of oxazole rings is 1. The maximum absolute atomic E-state index is 11.8. The number of aromatic nitrogens is 1. The van der Waals surface area contributed by atoms with Crippen LogP contribution in [0.3, 0.4) is 0 Å². The van der Waals surface area contributed by atoms with Crippen molar-refractivity contribution in [2.24, 2.45) is 0 Å². The van der Waals surface area contributed by atoms with Crippen LogP contribution in [0.1, 0.15) is 22.0 Å². The first kappa shape index (κ1) is 13.1. The average molecular weight is 260 g/mol. The van der Waals surface area contributed by atoms with Crippen molar-refractivity contribution in [1.29, 1.82) is 0 Å². The summed E-state index contributed by atoms with van der Waals surface area (Å²) in [5.41, 5.74) is 0.601. The van der Waals surface area contributed by atoms with Gasteiger partial charge in [0.2, 0.25) is 0 Å².